The smallest absolute Gasteiger partial charge is 0.146 e. The van der Waals surface area contributed by atoms with Crippen LogP contribution in [0.5, 0.6) is 0 Å². The lowest BCUT2D eigenvalue weighted by molar-refractivity contribution is 0.0292. The summed E-state index contributed by atoms with van der Waals surface area (Å²) in [7, 11) is 0. The third kappa shape index (κ3) is 2.35. The van der Waals surface area contributed by atoms with Crippen LogP contribution in [0.4, 0.5) is 0 Å². The van der Waals surface area contributed by atoms with E-state index in [4.69, 9.17) is 4.42 Å². The predicted octanol–water partition coefficient (Wildman–Crippen LogP) is 4.29. The Bertz CT molecular complexity index is 334. The average Bonchev–Trinajstić information content (AvgIpc) is 2.74. The molecule has 0 radical (unpaired) electrons. The first-order chi connectivity index (χ1) is 7.74. The zero-order chi connectivity index (χ0) is 11.5. The van der Waals surface area contributed by atoms with Crippen LogP contribution in [-0.4, -0.2) is 5.11 Å². The molecule has 0 saturated heterocycles. The molecule has 16 heavy (non-hydrogen) atoms. The fourth-order valence-electron chi connectivity index (χ4n) is 2.87. The highest BCUT2D eigenvalue weighted by molar-refractivity contribution is 9.10. The van der Waals surface area contributed by atoms with Crippen molar-refractivity contribution in [3.05, 3.63) is 22.6 Å². The second kappa shape index (κ2) is 5.37. The summed E-state index contributed by atoms with van der Waals surface area (Å²) in [6, 6.07) is 1.85. The van der Waals surface area contributed by atoms with Crippen molar-refractivity contribution in [1.29, 1.82) is 0 Å². The monoisotopic (exact) mass is 286 g/mol. The molecule has 1 aromatic heterocycles. The molecule has 1 aromatic rings. The lowest BCUT2D eigenvalue weighted by atomic mass is 9.74. The maximum absolute atomic E-state index is 10.4. The highest BCUT2D eigenvalue weighted by Crippen LogP contribution is 2.41. The van der Waals surface area contributed by atoms with Crippen molar-refractivity contribution in [2.24, 2.45) is 11.8 Å². The number of rotatable bonds is 3. The maximum atomic E-state index is 10.4. The molecule has 90 valence electrons. The Kier molecular flexibility index (Phi) is 4.09. The number of hydrogen-bond acceptors (Lipinski definition) is 2. The first-order valence-corrected chi connectivity index (χ1v) is 6.94. The first-order valence-electron chi connectivity index (χ1n) is 6.15. The summed E-state index contributed by atoms with van der Waals surface area (Å²) in [5.41, 5.74) is 0. The molecule has 1 fully saturated rings. The van der Waals surface area contributed by atoms with E-state index in [-0.39, 0.29) is 0 Å². The number of furan rings is 1. The van der Waals surface area contributed by atoms with Crippen molar-refractivity contribution in [1.82, 2.24) is 0 Å². The molecule has 1 heterocycles. The van der Waals surface area contributed by atoms with Gasteiger partial charge >= 0.3 is 0 Å². The minimum Gasteiger partial charge on any atom is -0.465 e. The zero-order valence-corrected chi connectivity index (χ0v) is 11.2. The molecule has 1 saturated carbocycles. The molecule has 1 N–H and O–H groups in total. The Morgan fingerprint density at radius 1 is 1.50 bits per heavy atom. The lowest BCUT2D eigenvalue weighted by Gasteiger charge is -2.33. The van der Waals surface area contributed by atoms with E-state index in [0.717, 1.165) is 17.3 Å². The summed E-state index contributed by atoms with van der Waals surface area (Å²) in [5.74, 6) is 1.70. The Labute approximate surface area is 105 Å². The maximum Gasteiger partial charge on any atom is 0.146 e. The van der Waals surface area contributed by atoms with Crippen molar-refractivity contribution in [3.63, 3.8) is 0 Å². The molecule has 0 spiro atoms. The Hall–Kier alpha value is -0.280. The van der Waals surface area contributed by atoms with Crippen LogP contribution in [0.1, 0.15) is 50.9 Å². The zero-order valence-electron chi connectivity index (χ0n) is 9.66. The number of aliphatic hydroxyl groups is 1. The number of hydrogen-bond donors (Lipinski definition) is 1. The first kappa shape index (κ1) is 12.2. The van der Waals surface area contributed by atoms with E-state index in [1.54, 1.807) is 6.26 Å². The highest BCUT2D eigenvalue weighted by atomic mass is 79.9. The summed E-state index contributed by atoms with van der Waals surface area (Å²) in [4.78, 5) is 0. The third-order valence-corrected chi connectivity index (χ3v) is 4.47. The van der Waals surface area contributed by atoms with Gasteiger partial charge in [-0.15, -0.1) is 0 Å². The molecule has 3 unspecified atom stereocenters. The molecular weight excluding hydrogens is 268 g/mol. The van der Waals surface area contributed by atoms with Gasteiger partial charge in [0.05, 0.1) is 10.7 Å². The van der Waals surface area contributed by atoms with Gasteiger partial charge in [-0.3, -0.25) is 0 Å². The van der Waals surface area contributed by atoms with E-state index in [9.17, 15) is 5.11 Å². The van der Waals surface area contributed by atoms with Crippen LogP contribution in [0, 0.1) is 11.8 Å². The summed E-state index contributed by atoms with van der Waals surface area (Å²) in [5, 5.41) is 10.4. The van der Waals surface area contributed by atoms with Crippen LogP contribution in [0.25, 0.3) is 0 Å². The van der Waals surface area contributed by atoms with E-state index >= 15 is 0 Å². The van der Waals surface area contributed by atoms with E-state index in [2.05, 4.69) is 22.9 Å². The van der Waals surface area contributed by atoms with Gasteiger partial charge in [0.2, 0.25) is 0 Å². The Morgan fingerprint density at radius 3 is 2.88 bits per heavy atom. The Balaban J connectivity index is 2.13. The quantitative estimate of drug-likeness (QED) is 0.899. The van der Waals surface area contributed by atoms with Gasteiger partial charge < -0.3 is 9.52 Å². The second-order valence-corrected chi connectivity index (χ2v) is 5.55. The second-order valence-electron chi connectivity index (χ2n) is 4.69. The van der Waals surface area contributed by atoms with Crippen LogP contribution >= 0.6 is 15.9 Å². The fraction of sp³-hybridized carbons (Fsp3) is 0.692. The fourth-order valence-corrected chi connectivity index (χ4v) is 3.31. The molecule has 1 aliphatic rings. The molecule has 0 aliphatic heterocycles. The molecular formula is C13H19BrO2. The van der Waals surface area contributed by atoms with Crippen molar-refractivity contribution in [2.75, 3.05) is 0 Å². The van der Waals surface area contributed by atoms with Gasteiger partial charge in [0.25, 0.3) is 0 Å². The van der Waals surface area contributed by atoms with E-state index in [1.165, 1.54) is 19.3 Å². The van der Waals surface area contributed by atoms with Gasteiger partial charge in [0.1, 0.15) is 11.9 Å². The Morgan fingerprint density at radius 2 is 2.25 bits per heavy atom. The van der Waals surface area contributed by atoms with Crippen molar-refractivity contribution < 1.29 is 9.52 Å². The molecule has 3 atom stereocenters. The largest absolute Gasteiger partial charge is 0.465 e. The molecule has 3 heteroatoms. The molecule has 0 bridgehead atoms. The molecule has 0 aromatic carbocycles. The van der Waals surface area contributed by atoms with Crippen molar-refractivity contribution >= 4 is 15.9 Å². The van der Waals surface area contributed by atoms with Crippen LogP contribution in [0.3, 0.4) is 0 Å². The van der Waals surface area contributed by atoms with Crippen LogP contribution in [-0.2, 0) is 0 Å². The molecule has 1 aliphatic carbocycles. The minimum absolute atomic E-state index is 0.362. The number of halogens is 1. The standard InChI is InChI=1S/C13H19BrO2/c1-2-9-5-3-4-6-10(9)12(15)13-11(14)7-8-16-13/h7-10,12,15H,2-6H2,1H3. The van der Waals surface area contributed by atoms with Gasteiger partial charge in [0, 0.05) is 0 Å². The van der Waals surface area contributed by atoms with Crippen molar-refractivity contribution in [3.8, 4) is 0 Å². The van der Waals surface area contributed by atoms with Gasteiger partial charge in [-0.05, 0) is 40.3 Å². The van der Waals surface area contributed by atoms with E-state index < -0.39 is 6.10 Å². The summed E-state index contributed by atoms with van der Waals surface area (Å²) >= 11 is 3.42. The van der Waals surface area contributed by atoms with Gasteiger partial charge in [-0.1, -0.05) is 32.6 Å². The van der Waals surface area contributed by atoms with Crippen LogP contribution in [0.2, 0.25) is 0 Å². The minimum atomic E-state index is -0.449. The average molecular weight is 287 g/mol. The predicted molar refractivity (Wildman–Crippen MR) is 67.1 cm³/mol. The molecule has 2 nitrogen and oxygen atoms in total. The van der Waals surface area contributed by atoms with Gasteiger partial charge in [-0.2, -0.15) is 0 Å². The third-order valence-electron chi connectivity index (χ3n) is 3.81. The van der Waals surface area contributed by atoms with Crippen LogP contribution < -0.4 is 0 Å². The van der Waals surface area contributed by atoms with Gasteiger partial charge in [-0.25, -0.2) is 0 Å². The molecule has 2 rings (SSSR count). The molecule has 0 amide bonds. The normalized spacial score (nSPS) is 27.9. The van der Waals surface area contributed by atoms with Gasteiger partial charge in [0.15, 0.2) is 0 Å². The lowest BCUT2D eigenvalue weighted by Crippen LogP contribution is -2.25. The summed E-state index contributed by atoms with van der Waals surface area (Å²) in [6.07, 6.45) is 7.24. The van der Waals surface area contributed by atoms with Crippen molar-refractivity contribution in [2.45, 2.75) is 45.1 Å². The van der Waals surface area contributed by atoms with E-state index in [0.29, 0.717) is 17.6 Å². The number of aliphatic hydroxyl groups excluding tert-OH is 1. The highest BCUT2D eigenvalue weighted by Gasteiger charge is 2.32. The SMILES string of the molecule is CCC1CCCCC1C(O)c1occc1Br. The topological polar surface area (TPSA) is 33.4 Å². The summed E-state index contributed by atoms with van der Waals surface area (Å²) in [6.45, 7) is 2.22. The van der Waals surface area contributed by atoms with Crippen LogP contribution in [0.15, 0.2) is 21.2 Å². The summed E-state index contributed by atoms with van der Waals surface area (Å²) < 4.78 is 6.26. The van der Waals surface area contributed by atoms with E-state index in [1.807, 2.05) is 6.07 Å².